The van der Waals surface area contributed by atoms with Gasteiger partial charge in [-0.05, 0) is 82.4 Å². The van der Waals surface area contributed by atoms with Crippen molar-refractivity contribution in [1.82, 2.24) is 19.9 Å². The van der Waals surface area contributed by atoms with Gasteiger partial charge in [-0.15, -0.1) is 0 Å². The summed E-state index contributed by atoms with van der Waals surface area (Å²) >= 11 is 5.60. The monoisotopic (exact) mass is 485 g/mol. The van der Waals surface area contributed by atoms with Gasteiger partial charge in [0.05, 0.1) is 22.1 Å². The summed E-state index contributed by atoms with van der Waals surface area (Å²) in [5, 5.41) is 10.4. The van der Waals surface area contributed by atoms with Crippen LogP contribution in [0.4, 0.5) is 23.1 Å². The van der Waals surface area contributed by atoms with Gasteiger partial charge in [-0.2, -0.15) is 0 Å². The lowest BCUT2D eigenvalue weighted by Crippen LogP contribution is -2.36. The average Bonchev–Trinajstić information content (AvgIpc) is 3.69. The summed E-state index contributed by atoms with van der Waals surface area (Å²) in [6.45, 7) is 4.26. The molecule has 7 nitrogen and oxygen atoms in total. The first-order chi connectivity index (χ1) is 17.0. The summed E-state index contributed by atoms with van der Waals surface area (Å²) in [6.07, 6.45) is 7.35. The predicted molar refractivity (Wildman–Crippen MR) is 146 cm³/mol. The number of fused-ring (bicyclic) bond motifs is 3. The van der Waals surface area contributed by atoms with Gasteiger partial charge in [0.25, 0.3) is 0 Å². The molecule has 0 unspecified atom stereocenters. The van der Waals surface area contributed by atoms with E-state index in [9.17, 15) is 0 Å². The summed E-state index contributed by atoms with van der Waals surface area (Å²) < 4.78 is 0. The van der Waals surface area contributed by atoms with Gasteiger partial charge in [-0.3, -0.25) is 0 Å². The zero-order valence-electron chi connectivity index (χ0n) is 20.3. The maximum absolute atomic E-state index is 5.60. The van der Waals surface area contributed by atoms with Gasteiger partial charge < -0.3 is 20.9 Å². The molecule has 0 bridgehead atoms. The molecule has 2 aliphatic heterocycles. The zero-order chi connectivity index (χ0) is 23.9. The summed E-state index contributed by atoms with van der Waals surface area (Å²) in [5.41, 5.74) is 7.29. The van der Waals surface area contributed by atoms with E-state index in [2.05, 4.69) is 57.1 Å². The van der Waals surface area contributed by atoms with Crippen LogP contribution in [0.15, 0.2) is 36.5 Å². The SMILES string of the molecule is Cc1nc(NC2CCN(C)CC2)ccc1Nc1ncc2c(n1)-c1ccc(C3CC3)cc1NC(=S)C2. The van der Waals surface area contributed by atoms with Crippen molar-refractivity contribution in [3.8, 4) is 11.3 Å². The number of hydrogen-bond donors (Lipinski definition) is 3. The van der Waals surface area contributed by atoms with Crippen molar-refractivity contribution in [1.29, 1.82) is 0 Å². The maximum atomic E-state index is 5.60. The molecular weight excluding hydrogens is 454 g/mol. The summed E-state index contributed by atoms with van der Waals surface area (Å²) in [7, 11) is 2.18. The molecule has 1 aromatic carbocycles. The first-order valence-corrected chi connectivity index (χ1v) is 12.9. The molecule has 1 saturated carbocycles. The van der Waals surface area contributed by atoms with E-state index < -0.39 is 0 Å². The van der Waals surface area contributed by atoms with E-state index in [4.69, 9.17) is 22.2 Å². The van der Waals surface area contributed by atoms with Crippen molar-refractivity contribution in [2.24, 2.45) is 0 Å². The summed E-state index contributed by atoms with van der Waals surface area (Å²) in [6, 6.07) is 11.2. The Bertz CT molecular complexity index is 1280. The molecule has 2 fully saturated rings. The highest BCUT2D eigenvalue weighted by atomic mass is 32.1. The maximum Gasteiger partial charge on any atom is 0.227 e. The van der Waals surface area contributed by atoms with E-state index in [1.807, 2.05) is 19.2 Å². The third-order valence-electron chi connectivity index (χ3n) is 7.24. The lowest BCUT2D eigenvalue weighted by molar-refractivity contribution is 0.263. The van der Waals surface area contributed by atoms with Crippen molar-refractivity contribution in [3.05, 3.63) is 53.3 Å². The second-order valence-corrected chi connectivity index (χ2v) is 10.5. The van der Waals surface area contributed by atoms with E-state index >= 15 is 0 Å². The molecule has 2 aromatic heterocycles. The van der Waals surface area contributed by atoms with E-state index in [1.165, 1.54) is 18.4 Å². The van der Waals surface area contributed by atoms with E-state index in [-0.39, 0.29) is 0 Å². The number of nitrogens with one attached hydrogen (secondary N) is 3. The minimum Gasteiger partial charge on any atom is -0.367 e. The van der Waals surface area contributed by atoms with Gasteiger partial charge >= 0.3 is 0 Å². The Hall–Kier alpha value is -3.10. The predicted octanol–water partition coefficient (Wildman–Crippen LogP) is 5.27. The van der Waals surface area contributed by atoms with E-state index in [0.29, 0.717) is 24.3 Å². The second kappa shape index (κ2) is 9.17. The number of aromatic nitrogens is 3. The van der Waals surface area contributed by atoms with Crippen molar-refractivity contribution < 1.29 is 0 Å². The van der Waals surface area contributed by atoms with Gasteiger partial charge in [0.15, 0.2) is 0 Å². The topological polar surface area (TPSA) is 78.0 Å². The zero-order valence-corrected chi connectivity index (χ0v) is 21.1. The fourth-order valence-electron chi connectivity index (χ4n) is 5.00. The van der Waals surface area contributed by atoms with Crippen LogP contribution in [-0.4, -0.2) is 51.0 Å². The van der Waals surface area contributed by atoms with Gasteiger partial charge in [0, 0.05) is 35.5 Å². The number of nitrogens with zero attached hydrogens (tertiary/aromatic N) is 4. The molecule has 8 heteroatoms. The first kappa shape index (κ1) is 22.4. The van der Waals surface area contributed by atoms with Crippen LogP contribution in [0.1, 0.15) is 48.4 Å². The highest BCUT2D eigenvalue weighted by Gasteiger charge is 2.26. The van der Waals surface area contributed by atoms with Crippen LogP contribution < -0.4 is 16.0 Å². The number of thiocarbonyl (C=S) groups is 1. The molecule has 35 heavy (non-hydrogen) atoms. The molecule has 0 radical (unpaired) electrons. The minimum absolute atomic E-state index is 0.477. The molecular formula is C27H31N7S. The fourth-order valence-corrected chi connectivity index (χ4v) is 5.26. The Labute approximate surface area is 211 Å². The molecule has 1 saturated heterocycles. The van der Waals surface area contributed by atoms with Gasteiger partial charge in [-0.1, -0.05) is 24.4 Å². The Morgan fingerprint density at radius 1 is 1.06 bits per heavy atom. The molecule has 3 N–H and O–H groups in total. The molecule has 3 aromatic rings. The third kappa shape index (κ3) is 4.86. The van der Waals surface area contributed by atoms with Crippen molar-refractivity contribution >= 4 is 40.3 Å². The molecule has 0 atom stereocenters. The number of aryl methyl sites for hydroxylation is 1. The quantitative estimate of drug-likeness (QED) is 0.422. The minimum atomic E-state index is 0.477. The number of rotatable bonds is 5. The molecule has 0 amide bonds. The van der Waals surface area contributed by atoms with Crippen molar-refractivity contribution in [2.75, 3.05) is 36.1 Å². The average molecular weight is 486 g/mol. The van der Waals surface area contributed by atoms with Crippen LogP contribution in [0.2, 0.25) is 0 Å². The molecule has 0 spiro atoms. The standard InChI is InChI=1S/C27H31N7S/c1-16-22(7-8-24(29-16)30-20-9-11-34(2)12-10-20)32-27-28-15-19-14-25(35)31-23-13-18(17-3-4-17)5-6-21(23)26(19)33-27/h5-8,13,15,17,20H,3-4,9-12,14H2,1-2H3,(H,29,30)(H,31,35)(H,28,32,33). The number of benzene rings is 1. The highest BCUT2D eigenvalue weighted by Crippen LogP contribution is 2.43. The van der Waals surface area contributed by atoms with Crippen LogP contribution in [0.3, 0.4) is 0 Å². The lowest BCUT2D eigenvalue weighted by atomic mass is 10.0. The van der Waals surface area contributed by atoms with E-state index in [0.717, 1.165) is 70.6 Å². The van der Waals surface area contributed by atoms with Crippen LogP contribution >= 0.6 is 12.2 Å². The number of hydrogen-bond acceptors (Lipinski definition) is 7. The molecule has 3 aliphatic rings. The molecule has 180 valence electrons. The largest absolute Gasteiger partial charge is 0.367 e. The van der Waals surface area contributed by atoms with Crippen LogP contribution in [0, 0.1) is 6.92 Å². The summed E-state index contributed by atoms with van der Waals surface area (Å²) in [4.78, 5) is 17.5. The van der Waals surface area contributed by atoms with Crippen molar-refractivity contribution in [3.63, 3.8) is 0 Å². The fraction of sp³-hybridized carbons (Fsp3) is 0.407. The number of likely N-dealkylation sites (tertiary alicyclic amines) is 1. The normalized spacial score (nSPS) is 18.3. The van der Waals surface area contributed by atoms with Crippen molar-refractivity contribution in [2.45, 2.75) is 51.0 Å². The van der Waals surface area contributed by atoms with Gasteiger partial charge in [0.1, 0.15) is 5.82 Å². The van der Waals surface area contributed by atoms with Crippen LogP contribution in [0.5, 0.6) is 0 Å². The number of anilines is 4. The first-order valence-electron chi connectivity index (χ1n) is 12.5. The summed E-state index contributed by atoms with van der Waals surface area (Å²) in [5.74, 6) is 2.17. The van der Waals surface area contributed by atoms with Crippen LogP contribution in [0.25, 0.3) is 11.3 Å². The van der Waals surface area contributed by atoms with Crippen LogP contribution in [-0.2, 0) is 6.42 Å². The Balaban J connectivity index is 1.24. The van der Waals surface area contributed by atoms with Gasteiger partial charge in [0.2, 0.25) is 5.95 Å². The number of piperidine rings is 1. The molecule has 4 heterocycles. The van der Waals surface area contributed by atoms with Gasteiger partial charge in [-0.25, -0.2) is 15.0 Å². The lowest BCUT2D eigenvalue weighted by Gasteiger charge is -2.29. The molecule has 1 aliphatic carbocycles. The molecule has 6 rings (SSSR count). The Kier molecular flexibility index (Phi) is 5.86. The Morgan fingerprint density at radius 2 is 1.89 bits per heavy atom. The van der Waals surface area contributed by atoms with E-state index in [1.54, 1.807) is 0 Å². The second-order valence-electron chi connectivity index (χ2n) is 10.0. The Morgan fingerprint density at radius 3 is 2.66 bits per heavy atom. The highest BCUT2D eigenvalue weighted by molar-refractivity contribution is 7.80. The smallest absolute Gasteiger partial charge is 0.227 e. The number of pyridine rings is 1. The third-order valence-corrected chi connectivity index (χ3v) is 7.49.